The van der Waals surface area contributed by atoms with E-state index in [4.69, 9.17) is 9.47 Å². The Bertz CT molecular complexity index is 1260. The Kier molecular flexibility index (Phi) is 49.8. The first-order valence-electron chi connectivity index (χ1n) is 31.3. The number of hydrogen-bond donors (Lipinski definition) is 7. The van der Waals surface area contributed by atoms with Crippen molar-refractivity contribution in [3.05, 3.63) is 36.5 Å². The van der Waals surface area contributed by atoms with Gasteiger partial charge in [0.05, 0.1) is 25.4 Å². The molecule has 73 heavy (non-hydrogen) atoms. The molecule has 7 N–H and O–H groups in total. The molecule has 1 amide bonds. The van der Waals surface area contributed by atoms with E-state index in [0.717, 1.165) is 44.9 Å². The first kappa shape index (κ1) is 69.4. The zero-order valence-electron chi connectivity index (χ0n) is 47.5. The Hall–Kier alpha value is -1.63. The molecule has 8 atom stereocenters. The van der Waals surface area contributed by atoms with Gasteiger partial charge in [-0.3, -0.25) is 4.79 Å². The minimum Gasteiger partial charge on any atom is -0.394 e. The third-order valence-corrected chi connectivity index (χ3v) is 15.1. The Labute approximate surface area is 449 Å². The molecule has 0 aromatic heterocycles. The lowest BCUT2D eigenvalue weighted by atomic mass is 9.99. The van der Waals surface area contributed by atoms with Crippen LogP contribution in [-0.2, 0) is 14.3 Å². The van der Waals surface area contributed by atoms with Crippen molar-refractivity contribution in [2.45, 2.75) is 345 Å². The number of aliphatic hydroxyl groups excluding tert-OH is 6. The second-order valence-corrected chi connectivity index (χ2v) is 22.0. The van der Waals surface area contributed by atoms with Crippen molar-refractivity contribution >= 4 is 5.91 Å². The summed E-state index contributed by atoms with van der Waals surface area (Å²) in [5.74, 6) is -0.627. The summed E-state index contributed by atoms with van der Waals surface area (Å²) in [6, 6.07) is -1.00. The predicted octanol–water partition coefficient (Wildman–Crippen LogP) is 14.9. The average molecular weight is 1030 g/mol. The Morgan fingerprint density at radius 3 is 1.18 bits per heavy atom. The van der Waals surface area contributed by atoms with Crippen molar-refractivity contribution in [3.8, 4) is 0 Å². The zero-order valence-corrected chi connectivity index (χ0v) is 47.5. The molecule has 0 saturated carbocycles. The van der Waals surface area contributed by atoms with E-state index in [2.05, 4.69) is 43.5 Å². The molecule has 1 fully saturated rings. The van der Waals surface area contributed by atoms with Gasteiger partial charge in [-0.05, 0) is 38.5 Å². The molecule has 1 rings (SSSR count). The molecule has 0 bridgehead atoms. The molecular weight excluding hydrogens is 915 g/mol. The Morgan fingerprint density at radius 2 is 0.808 bits per heavy atom. The van der Waals surface area contributed by atoms with Gasteiger partial charge < -0.3 is 45.4 Å². The van der Waals surface area contributed by atoms with Gasteiger partial charge in [-0.25, -0.2) is 0 Å². The molecule has 0 radical (unpaired) electrons. The van der Waals surface area contributed by atoms with Crippen LogP contribution in [0.25, 0.3) is 0 Å². The Balaban J connectivity index is 2.08. The lowest BCUT2D eigenvalue weighted by Gasteiger charge is -2.40. The molecule has 0 aliphatic carbocycles. The third-order valence-electron chi connectivity index (χ3n) is 15.1. The number of nitrogens with one attached hydrogen (secondary N) is 1. The van der Waals surface area contributed by atoms with Crippen LogP contribution in [0.1, 0.15) is 296 Å². The maximum absolute atomic E-state index is 13.1. The molecule has 10 nitrogen and oxygen atoms in total. The van der Waals surface area contributed by atoms with Crippen LogP contribution in [0.2, 0.25) is 0 Å². The van der Waals surface area contributed by atoms with Gasteiger partial charge in [0, 0.05) is 0 Å². The summed E-state index contributed by atoms with van der Waals surface area (Å²) >= 11 is 0. The summed E-state index contributed by atoms with van der Waals surface area (Å²) in [4.78, 5) is 13.1. The molecule has 1 saturated heterocycles. The van der Waals surface area contributed by atoms with Gasteiger partial charge in [0.2, 0.25) is 5.91 Å². The summed E-state index contributed by atoms with van der Waals surface area (Å²) in [5.41, 5.74) is 0. The minimum atomic E-state index is -1.62. The van der Waals surface area contributed by atoms with Gasteiger partial charge in [0.25, 0.3) is 0 Å². The lowest BCUT2D eigenvalue weighted by Crippen LogP contribution is -2.60. The molecular formula is C63H119NO9. The molecule has 1 aliphatic heterocycles. The second kappa shape index (κ2) is 52.4. The highest BCUT2D eigenvalue weighted by Gasteiger charge is 2.44. The van der Waals surface area contributed by atoms with Gasteiger partial charge >= 0.3 is 0 Å². The number of unbranched alkanes of at least 4 members (excludes halogenated alkanes) is 39. The molecule has 10 heteroatoms. The fraction of sp³-hybridized carbons (Fsp3) is 0.889. The fourth-order valence-corrected chi connectivity index (χ4v) is 10.0. The summed E-state index contributed by atoms with van der Waals surface area (Å²) < 4.78 is 11.2. The maximum Gasteiger partial charge on any atom is 0.249 e. The quantitative estimate of drug-likeness (QED) is 0.0232. The van der Waals surface area contributed by atoms with E-state index >= 15 is 0 Å². The first-order chi connectivity index (χ1) is 35.8. The number of aliphatic hydroxyl groups is 6. The number of carbonyl (C=O) groups is 1. The summed E-state index contributed by atoms with van der Waals surface area (Å²) in [5, 5.41) is 64.9. The van der Waals surface area contributed by atoms with Gasteiger partial charge in [0.15, 0.2) is 6.29 Å². The summed E-state index contributed by atoms with van der Waals surface area (Å²) in [6.45, 7) is 3.56. The number of carbonyl (C=O) groups excluding carboxylic acids is 1. The van der Waals surface area contributed by atoms with Crippen molar-refractivity contribution in [2.24, 2.45) is 0 Å². The van der Waals surface area contributed by atoms with Gasteiger partial charge in [-0.2, -0.15) is 0 Å². The SMILES string of the molecule is CCCC/C=C/CC/C=C/CC/C=C/C(O)C(COC1OC(CO)C(O)C(O)C1O)NC(=O)C(O)CCCCCCCCCCCCCCCCCCCCCCCCCCCCCCCCCCCCCC. The molecule has 1 heterocycles. The van der Waals surface area contributed by atoms with Crippen LogP contribution in [0.3, 0.4) is 0 Å². The number of ether oxygens (including phenoxy) is 2. The molecule has 8 unspecified atom stereocenters. The van der Waals surface area contributed by atoms with Crippen LogP contribution in [0.4, 0.5) is 0 Å². The van der Waals surface area contributed by atoms with E-state index in [1.54, 1.807) is 6.08 Å². The number of hydrogen-bond acceptors (Lipinski definition) is 9. The van der Waals surface area contributed by atoms with Gasteiger partial charge in [-0.15, -0.1) is 0 Å². The van der Waals surface area contributed by atoms with Crippen LogP contribution in [0, 0.1) is 0 Å². The van der Waals surface area contributed by atoms with E-state index in [9.17, 15) is 35.4 Å². The molecule has 430 valence electrons. The van der Waals surface area contributed by atoms with Crippen molar-refractivity contribution in [1.82, 2.24) is 5.32 Å². The smallest absolute Gasteiger partial charge is 0.249 e. The van der Waals surface area contributed by atoms with E-state index < -0.39 is 61.5 Å². The molecule has 0 aromatic carbocycles. The van der Waals surface area contributed by atoms with E-state index in [1.165, 1.54) is 218 Å². The average Bonchev–Trinajstić information content (AvgIpc) is 3.39. The van der Waals surface area contributed by atoms with Crippen LogP contribution in [0.5, 0.6) is 0 Å². The molecule has 0 spiro atoms. The number of rotatable bonds is 54. The van der Waals surface area contributed by atoms with Crippen molar-refractivity contribution in [1.29, 1.82) is 0 Å². The number of amides is 1. The van der Waals surface area contributed by atoms with Crippen LogP contribution in [0.15, 0.2) is 36.5 Å². The van der Waals surface area contributed by atoms with Crippen LogP contribution < -0.4 is 5.32 Å². The lowest BCUT2D eigenvalue weighted by molar-refractivity contribution is -0.302. The van der Waals surface area contributed by atoms with Gasteiger partial charge in [0.1, 0.15) is 30.5 Å². The highest BCUT2D eigenvalue weighted by atomic mass is 16.7. The summed E-state index contributed by atoms with van der Waals surface area (Å²) in [6.07, 6.45) is 58.8. The highest BCUT2D eigenvalue weighted by Crippen LogP contribution is 2.23. The fourth-order valence-electron chi connectivity index (χ4n) is 10.0. The zero-order chi connectivity index (χ0) is 53.1. The van der Waals surface area contributed by atoms with Crippen molar-refractivity contribution < 1.29 is 44.9 Å². The van der Waals surface area contributed by atoms with Crippen LogP contribution >= 0.6 is 0 Å². The normalized spacial score (nSPS) is 19.7. The summed E-state index contributed by atoms with van der Waals surface area (Å²) in [7, 11) is 0. The van der Waals surface area contributed by atoms with Crippen LogP contribution in [-0.4, -0.2) is 98.7 Å². The Morgan fingerprint density at radius 1 is 0.466 bits per heavy atom. The van der Waals surface area contributed by atoms with E-state index in [1.807, 2.05) is 6.08 Å². The standard InChI is InChI=1S/C63H119NO9/c1-3-5-7-9-11-13-15-17-18-19-20-21-22-23-24-25-26-27-28-29-30-31-32-33-34-35-36-37-38-39-40-42-44-46-48-50-52-57(67)62(71)64-55(54-72-63-61(70)60(69)59(68)58(53-65)73-63)56(66)51-49-47-45-43-41-16-14-12-10-8-6-4-2/h10,12,41,43,49,51,55-61,63,65-70H,3-9,11,13-40,42,44-48,50,52-54H2,1-2H3,(H,64,71)/b12-10+,43-41+,51-49+. The first-order valence-corrected chi connectivity index (χ1v) is 31.3. The van der Waals surface area contributed by atoms with E-state index in [0.29, 0.717) is 19.3 Å². The highest BCUT2D eigenvalue weighted by molar-refractivity contribution is 5.80. The number of allylic oxidation sites excluding steroid dienone is 5. The monoisotopic (exact) mass is 1030 g/mol. The maximum atomic E-state index is 13.1. The largest absolute Gasteiger partial charge is 0.394 e. The van der Waals surface area contributed by atoms with Crippen molar-refractivity contribution in [3.63, 3.8) is 0 Å². The van der Waals surface area contributed by atoms with Crippen molar-refractivity contribution in [2.75, 3.05) is 13.2 Å². The minimum absolute atomic E-state index is 0.304. The third kappa shape index (κ3) is 41.2. The molecule has 1 aliphatic rings. The van der Waals surface area contributed by atoms with E-state index in [-0.39, 0.29) is 6.61 Å². The second-order valence-electron chi connectivity index (χ2n) is 22.0. The molecule has 0 aromatic rings. The van der Waals surface area contributed by atoms with Gasteiger partial charge in [-0.1, -0.05) is 294 Å². The predicted molar refractivity (Wildman–Crippen MR) is 306 cm³/mol. The topological polar surface area (TPSA) is 169 Å².